The van der Waals surface area contributed by atoms with E-state index in [9.17, 15) is 4.79 Å². The monoisotopic (exact) mass is 289 g/mol. The highest BCUT2D eigenvalue weighted by Crippen LogP contribution is 2.13. The molecule has 0 unspecified atom stereocenters. The summed E-state index contributed by atoms with van der Waals surface area (Å²) in [5.74, 6) is 0.288. The fraction of sp³-hybridized carbons (Fsp3) is 0.583. The van der Waals surface area contributed by atoms with Gasteiger partial charge in [-0.25, -0.2) is 0 Å². The summed E-state index contributed by atoms with van der Waals surface area (Å²) in [7, 11) is 0. The number of aromatic nitrogens is 2. The van der Waals surface area contributed by atoms with E-state index in [2.05, 4.69) is 15.5 Å². The first-order chi connectivity index (χ1) is 8.45. The molecule has 1 amide bonds. The molecule has 0 saturated heterocycles. The number of alkyl halides is 2. The summed E-state index contributed by atoms with van der Waals surface area (Å²) < 4.78 is 0. The van der Waals surface area contributed by atoms with Crippen LogP contribution in [0.5, 0.6) is 0 Å². The first-order valence-corrected chi connectivity index (χ1v) is 6.80. The Morgan fingerprint density at radius 2 is 2.00 bits per heavy atom. The smallest absolute Gasteiger partial charge is 0.253 e. The molecule has 0 aliphatic rings. The van der Waals surface area contributed by atoms with Gasteiger partial charge in [0.15, 0.2) is 0 Å². The molecule has 18 heavy (non-hydrogen) atoms. The number of carbonyl (C=O) groups is 1. The maximum Gasteiger partial charge on any atom is 0.253 e. The van der Waals surface area contributed by atoms with Crippen molar-refractivity contribution in [2.24, 2.45) is 0 Å². The summed E-state index contributed by atoms with van der Waals surface area (Å²) in [4.78, 5) is 12.2. The number of amides is 1. The van der Waals surface area contributed by atoms with Gasteiger partial charge in [-0.3, -0.25) is 4.79 Å². The van der Waals surface area contributed by atoms with E-state index in [1.54, 1.807) is 19.9 Å². The predicted molar refractivity (Wildman–Crippen MR) is 73.5 cm³/mol. The van der Waals surface area contributed by atoms with Gasteiger partial charge in [-0.2, -0.15) is 10.2 Å². The van der Waals surface area contributed by atoms with E-state index in [4.69, 9.17) is 23.2 Å². The molecule has 0 aliphatic heterocycles. The van der Waals surface area contributed by atoms with Crippen LogP contribution in [0.15, 0.2) is 6.07 Å². The van der Waals surface area contributed by atoms with Crippen LogP contribution < -0.4 is 5.32 Å². The summed E-state index contributed by atoms with van der Waals surface area (Å²) >= 11 is 11.6. The van der Waals surface area contributed by atoms with E-state index < -0.39 is 5.54 Å². The van der Waals surface area contributed by atoms with Crippen LogP contribution in [0.3, 0.4) is 0 Å². The molecule has 0 aromatic carbocycles. The lowest BCUT2D eigenvalue weighted by Gasteiger charge is -2.26. The molecule has 1 heterocycles. The average Bonchev–Trinajstić information content (AvgIpc) is 2.38. The molecule has 0 atom stereocenters. The lowest BCUT2D eigenvalue weighted by atomic mass is 10.1. The van der Waals surface area contributed by atoms with Crippen LogP contribution in [0.2, 0.25) is 0 Å². The molecule has 0 radical (unpaired) electrons. The standard InChI is InChI=1S/C12H17Cl2N3O/c1-4-10-9(5-8(2)16-17-10)11(18)15-12(3,6-13)7-14/h5H,4,6-7H2,1-3H3,(H,15,18). The first kappa shape index (κ1) is 15.2. The molecule has 0 spiro atoms. The maximum absolute atomic E-state index is 12.2. The van der Waals surface area contributed by atoms with Crippen LogP contribution in [0, 0.1) is 6.92 Å². The van der Waals surface area contributed by atoms with Crippen molar-refractivity contribution < 1.29 is 4.79 Å². The van der Waals surface area contributed by atoms with Gasteiger partial charge in [0.1, 0.15) is 0 Å². The molecule has 0 fully saturated rings. The SMILES string of the molecule is CCc1nnc(C)cc1C(=O)NC(C)(CCl)CCl. The van der Waals surface area contributed by atoms with Crippen molar-refractivity contribution in [2.75, 3.05) is 11.8 Å². The normalized spacial score (nSPS) is 11.4. The number of hydrogen-bond donors (Lipinski definition) is 1. The van der Waals surface area contributed by atoms with Gasteiger partial charge in [0, 0.05) is 11.8 Å². The molecular weight excluding hydrogens is 273 g/mol. The van der Waals surface area contributed by atoms with E-state index in [0.29, 0.717) is 23.4 Å². The Morgan fingerprint density at radius 1 is 1.39 bits per heavy atom. The van der Waals surface area contributed by atoms with Gasteiger partial charge in [-0.1, -0.05) is 6.92 Å². The van der Waals surface area contributed by atoms with Crippen molar-refractivity contribution in [1.29, 1.82) is 0 Å². The van der Waals surface area contributed by atoms with E-state index in [-0.39, 0.29) is 17.7 Å². The van der Waals surface area contributed by atoms with Gasteiger partial charge >= 0.3 is 0 Å². The highest BCUT2D eigenvalue weighted by molar-refractivity contribution is 6.22. The number of aryl methyl sites for hydroxylation is 2. The third kappa shape index (κ3) is 3.56. The Balaban J connectivity index is 3.00. The third-order valence-electron chi connectivity index (χ3n) is 2.58. The van der Waals surface area contributed by atoms with E-state index in [1.807, 2.05) is 6.92 Å². The van der Waals surface area contributed by atoms with Crippen LogP contribution in [0.25, 0.3) is 0 Å². The van der Waals surface area contributed by atoms with Crippen molar-refractivity contribution in [1.82, 2.24) is 15.5 Å². The van der Waals surface area contributed by atoms with Gasteiger partial charge in [0.25, 0.3) is 5.91 Å². The predicted octanol–water partition coefficient (Wildman–Crippen LogP) is 2.31. The summed E-state index contributed by atoms with van der Waals surface area (Å²) in [5, 5.41) is 10.8. The second-order valence-corrected chi connectivity index (χ2v) is 5.02. The topological polar surface area (TPSA) is 54.9 Å². The molecule has 0 aliphatic carbocycles. The minimum Gasteiger partial charge on any atom is -0.344 e. The summed E-state index contributed by atoms with van der Waals surface area (Å²) in [6, 6.07) is 1.73. The van der Waals surface area contributed by atoms with Gasteiger partial charge in [-0.05, 0) is 26.3 Å². The van der Waals surface area contributed by atoms with Crippen molar-refractivity contribution in [3.8, 4) is 0 Å². The van der Waals surface area contributed by atoms with E-state index in [1.165, 1.54) is 0 Å². The molecular formula is C12H17Cl2N3O. The van der Waals surface area contributed by atoms with Crippen LogP contribution in [-0.4, -0.2) is 33.4 Å². The Hall–Kier alpha value is -0.870. The van der Waals surface area contributed by atoms with Crippen LogP contribution >= 0.6 is 23.2 Å². The van der Waals surface area contributed by atoms with Crippen LogP contribution in [0.1, 0.15) is 35.6 Å². The fourth-order valence-electron chi connectivity index (χ4n) is 1.42. The van der Waals surface area contributed by atoms with Crippen molar-refractivity contribution >= 4 is 29.1 Å². The zero-order valence-corrected chi connectivity index (χ0v) is 12.3. The van der Waals surface area contributed by atoms with E-state index in [0.717, 1.165) is 0 Å². The van der Waals surface area contributed by atoms with Crippen LogP contribution in [-0.2, 0) is 6.42 Å². The highest BCUT2D eigenvalue weighted by atomic mass is 35.5. The zero-order chi connectivity index (χ0) is 13.8. The van der Waals surface area contributed by atoms with Gasteiger partial charge in [0.2, 0.25) is 0 Å². The molecule has 1 rings (SSSR count). The third-order valence-corrected chi connectivity index (χ3v) is 3.76. The lowest BCUT2D eigenvalue weighted by Crippen LogP contribution is -2.49. The van der Waals surface area contributed by atoms with Gasteiger partial charge in [0.05, 0.1) is 22.5 Å². The highest BCUT2D eigenvalue weighted by Gasteiger charge is 2.26. The minimum atomic E-state index is -0.623. The molecule has 0 bridgehead atoms. The Bertz CT molecular complexity index is 433. The zero-order valence-electron chi connectivity index (χ0n) is 10.8. The molecule has 1 N–H and O–H groups in total. The number of hydrogen-bond acceptors (Lipinski definition) is 3. The van der Waals surface area contributed by atoms with Crippen LogP contribution in [0.4, 0.5) is 0 Å². The largest absolute Gasteiger partial charge is 0.344 e. The molecule has 6 heteroatoms. The number of carbonyl (C=O) groups excluding carboxylic acids is 1. The first-order valence-electron chi connectivity index (χ1n) is 5.73. The summed E-state index contributed by atoms with van der Waals surface area (Å²) in [6.45, 7) is 5.53. The summed E-state index contributed by atoms with van der Waals surface area (Å²) in [6.07, 6.45) is 0.647. The molecule has 100 valence electrons. The van der Waals surface area contributed by atoms with Crippen molar-refractivity contribution in [2.45, 2.75) is 32.7 Å². The molecule has 1 aromatic heterocycles. The summed E-state index contributed by atoms with van der Waals surface area (Å²) in [5.41, 5.74) is 1.29. The van der Waals surface area contributed by atoms with Gasteiger partial charge < -0.3 is 5.32 Å². The minimum absolute atomic E-state index is 0.214. The fourth-order valence-corrected chi connectivity index (χ4v) is 1.84. The number of rotatable bonds is 5. The quantitative estimate of drug-likeness (QED) is 0.847. The molecule has 4 nitrogen and oxygen atoms in total. The Morgan fingerprint density at radius 3 is 2.50 bits per heavy atom. The number of halogens is 2. The lowest BCUT2D eigenvalue weighted by molar-refractivity contribution is 0.0919. The van der Waals surface area contributed by atoms with E-state index >= 15 is 0 Å². The Kier molecular flexibility index (Phi) is 5.35. The van der Waals surface area contributed by atoms with Crippen molar-refractivity contribution in [3.05, 3.63) is 23.0 Å². The number of nitrogens with one attached hydrogen (secondary N) is 1. The second kappa shape index (κ2) is 6.34. The maximum atomic E-state index is 12.2. The van der Waals surface area contributed by atoms with Crippen molar-refractivity contribution in [3.63, 3.8) is 0 Å². The second-order valence-electron chi connectivity index (χ2n) is 4.48. The molecule has 0 saturated carbocycles. The van der Waals surface area contributed by atoms with Gasteiger partial charge in [-0.15, -0.1) is 23.2 Å². The number of nitrogens with zero attached hydrogens (tertiary/aromatic N) is 2. The average molecular weight is 290 g/mol. The Labute approximate surface area is 117 Å². The molecule has 1 aromatic rings.